The normalized spacial score (nSPS) is 11.7. The largest absolute Gasteiger partial charge is 0.495 e. The van der Waals surface area contributed by atoms with Gasteiger partial charge in [0.15, 0.2) is 5.16 Å². The third-order valence-corrected chi connectivity index (χ3v) is 5.26. The van der Waals surface area contributed by atoms with Crippen molar-refractivity contribution in [3.05, 3.63) is 55.8 Å². The fourth-order valence-corrected chi connectivity index (χ4v) is 4.47. The van der Waals surface area contributed by atoms with Crippen molar-refractivity contribution in [3.63, 3.8) is 0 Å². The Morgan fingerprint density at radius 3 is 2.76 bits per heavy atom. The van der Waals surface area contributed by atoms with Gasteiger partial charge in [-0.3, -0.25) is 0 Å². The lowest BCUT2D eigenvalue weighted by Gasteiger charge is -2.09. The molecule has 0 unspecified atom stereocenters. The summed E-state index contributed by atoms with van der Waals surface area (Å²) in [4.78, 5) is 19.3. The average Bonchev–Trinajstić information content (AvgIpc) is 2.96. The number of benzene rings is 2. The van der Waals surface area contributed by atoms with E-state index in [1.54, 1.807) is 12.1 Å². The van der Waals surface area contributed by atoms with Crippen molar-refractivity contribution in [1.29, 1.82) is 0 Å². The number of imidazole rings is 1. The fourth-order valence-electron chi connectivity index (χ4n) is 2.26. The summed E-state index contributed by atoms with van der Waals surface area (Å²) in [6.07, 6.45) is 1.56. The molecule has 25 heavy (non-hydrogen) atoms. The minimum Gasteiger partial charge on any atom is -0.495 e. The molecule has 0 radical (unpaired) electrons. The first kappa shape index (κ1) is 18.0. The van der Waals surface area contributed by atoms with Gasteiger partial charge in [-0.05, 0) is 58.0 Å². The van der Waals surface area contributed by atoms with E-state index in [2.05, 4.69) is 41.8 Å². The molecular formula is C17H12Br2N2O3S. The molecule has 0 aliphatic carbocycles. The summed E-state index contributed by atoms with van der Waals surface area (Å²) >= 11 is 7.88. The van der Waals surface area contributed by atoms with E-state index in [1.807, 2.05) is 30.3 Å². The maximum absolute atomic E-state index is 11.7. The Bertz CT molecular complexity index is 952. The molecular weight excluding hydrogens is 472 g/mol. The van der Waals surface area contributed by atoms with Crippen LogP contribution in [0.4, 0.5) is 0 Å². The standard InChI is InChI=1S/C17H12Br2N2O3S/c1-24-15-9(6-10(18)8-11(15)19)7-14(16(22)23)25-17-20-12-4-2-3-5-13(12)21-17/h2-8H,1H3,(H,20,21)(H,22,23)/b14-7-. The average molecular weight is 484 g/mol. The molecule has 0 aliphatic rings. The number of nitrogens with zero attached hydrogens (tertiary/aromatic N) is 1. The number of ether oxygens (including phenoxy) is 1. The van der Waals surface area contributed by atoms with Crippen molar-refractivity contribution in [1.82, 2.24) is 9.97 Å². The molecule has 1 heterocycles. The smallest absolute Gasteiger partial charge is 0.342 e. The highest BCUT2D eigenvalue weighted by atomic mass is 79.9. The number of nitrogens with one attached hydrogen (secondary N) is 1. The number of carboxylic acids is 1. The van der Waals surface area contributed by atoms with E-state index >= 15 is 0 Å². The molecule has 0 spiro atoms. The minimum absolute atomic E-state index is 0.127. The van der Waals surface area contributed by atoms with Crippen LogP contribution < -0.4 is 4.74 Å². The van der Waals surface area contributed by atoms with Gasteiger partial charge in [-0.15, -0.1) is 0 Å². The van der Waals surface area contributed by atoms with Crippen molar-refractivity contribution in [3.8, 4) is 5.75 Å². The van der Waals surface area contributed by atoms with Crippen LogP contribution in [0.5, 0.6) is 5.75 Å². The number of thioether (sulfide) groups is 1. The molecule has 0 saturated carbocycles. The number of halogens is 2. The Balaban J connectivity index is 2.01. The summed E-state index contributed by atoms with van der Waals surface area (Å²) in [7, 11) is 1.54. The highest BCUT2D eigenvalue weighted by Crippen LogP contribution is 2.36. The van der Waals surface area contributed by atoms with Gasteiger partial charge in [-0.2, -0.15) is 0 Å². The summed E-state index contributed by atoms with van der Waals surface area (Å²) in [5.74, 6) is -0.476. The number of carbonyl (C=O) groups is 1. The molecule has 1 aromatic heterocycles. The van der Waals surface area contributed by atoms with Crippen LogP contribution in [0.1, 0.15) is 5.56 Å². The molecule has 0 fully saturated rings. The molecule has 0 saturated heterocycles. The topological polar surface area (TPSA) is 75.2 Å². The molecule has 5 nitrogen and oxygen atoms in total. The van der Waals surface area contributed by atoms with Crippen molar-refractivity contribution >= 4 is 66.7 Å². The zero-order valence-electron chi connectivity index (χ0n) is 12.9. The van der Waals surface area contributed by atoms with Gasteiger partial charge in [0.05, 0.1) is 22.6 Å². The van der Waals surface area contributed by atoms with E-state index < -0.39 is 5.97 Å². The predicted octanol–water partition coefficient (Wildman–Crippen LogP) is 5.31. The first-order valence-electron chi connectivity index (χ1n) is 7.08. The minimum atomic E-state index is -1.04. The second-order valence-electron chi connectivity index (χ2n) is 4.98. The Hall–Kier alpha value is -1.77. The number of aromatic amines is 1. The van der Waals surface area contributed by atoms with Crippen LogP contribution in [-0.4, -0.2) is 28.2 Å². The number of rotatable bonds is 5. The third kappa shape index (κ3) is 4.08. The van der Waals surface area contributed by atoms with Crippen LogP contribution in [0, 0.1) is 0 Å². The SMILES string of the molecule is COc1c(Br)cc(Br)cc1/C=C(\Sc1nc2ccccc2[nH]1)C(=O)O. The highest BCUT2D eigenvalue weighted by Gasteiger charge is 2.15. The predicted molar refractivity (Wildman–Crippen MR) is 106 cm³/mol. The third-order valence-electron chi connectivity index (χ3n) is 3.31. The number of hydrogen-bond acceptors (Lipinski definition) is 4. The van der Waals surface area contributed by atoms with Crippen molar-refractivity contribution < 1.29 is 14.6 Å². The number of aliphatic carboxylic acids is 1. The Labute approximate surface area is 164 Å². The van der Waals surface area contributed by atoms with Crippen molar-refractivity contribution in [2.24, 2.45) is 0 Å². The second kappa shape index (κ2) is 7.63. The lowest BCUT2D eigenvalue weighted by Crippen LogP contribution is -1.98. The van der Waals surface area contributed by atoms with Gasteiger partial charge in [0.25, 0.3) is 0 Å². The van der Waals surface area contributed by atoms with E-state index in [4.69, 9.17) is 4.74 Å². The lowest BCUT2D eigenvalue weighted by molar-refractivity contribution is -0.131. The van der Waals surface area contributed by atoms with Gasteiger partial charge in [0, 0.05) is 10.0 Å². The quantitative estimate of drug-likeness (QED) is 0.379. The van der Waals surface area contributed by atoms with Crippen LogP contribution >= 0.6 is 43.6 Å². The number of methoxy groups -OCH3 is 1. The Morgan fingerprint density at radius 2 is 2.08 bits per heavy atom. The fraction of sp³-hybridized carbons (Fsp3) is 0.0588. The number of para-hydroxylation sites is 2. The first-order chi connectivity index (χ1) is 12.0. The molecule has 2 aromatic carbocycles. The van der Waals surface area contributed by atoms with Gasteiger partial charge >= 0.3 is 5.97 Å². The van der Waals surface area contributed by atoms with Crippen LogP contribution in [0.2, 0.25) is 0 Å². The van der Waals surface area contributed by atoms with Crippen LogP contribution in [-0.2, 0) is 4.79 Å². The van der Waals surface area contributed by atoms with Crippen LogP contribution in [0.25, 0.3) is 17.1 Å². The Morgan fingerprint density at radius 1 is 1.32 bits per heavy atom. The molecule has 3 aromatic rings. The van der Waals surface area contributed by atoms with Gasteiger partial charge in [-0.1, -0.05) is 28.1 Å². The molecule has 8 heteroatoms. The Kier molecular flexibility index (Phi) is 5.51. The summed E-state index contributed by atoms with van der Waals surface area (Å²) in [6, 6.07) is 11.2. The van der Waals surface area contributed by atoms with Gasteiger partial charge < -0.3 is 14.8 Å². The lowest BCUT2D eigenvalue weighted by atomic mass is 10.2. The molecule has 0 amide bonds. The molecule has 128 valence electrons. The summed E-state index contributed by atoms with van der Waals surface area (Å²) in [5, 5.41) is 10.1. The highest BCUT2D eigenvalue weighted by molar-refractivity contribution is 9.11. The second-order valence-corrected chi connectivity index (χ2v) is 7.79. The van der Waals surface area contributed by atoms with E-state index in [0.717, 1.165) is 31.7 Å². The molecule has 0 atom stereocenters. The molecule has 0 aliphatic heterocycles. The first-order valence-corrected chi connectivity index (χ1v) is 9.49. The molecule has 0 bridgehead atoms. The number of hydrogen-bond donors (Lipinski definition) is 2. The number of H-pyrrole nitrogens is 1. The maximum atomic E-state index is 11.7. The maximum Gasteiger partial charge on any atom is 0.342 e. The van der Waals surface area contributed by atoms with E-state index in [0.29, 0.717) is 16.5 Å². The number of fused-ring (bicyclic) bond motifs is 1. The summed E-state index contributed by atoms with van der Waals surface area (Å²) < 4.78 is 6.91. The van der Waals surface area contributed by atoms with Crippen LogP contribution in [0.15, 0.2) is 55.4 Å². The van der Waals surface area contributed by atoms with Crippen LogP contribution in [0.3, 0.4) is 0 Å². The molecule has 2 N–H and O–H groups in total. The number of aromatic nitrogens is 2. The van der Waals surface area contributed by atoms with Gasteiger partial charge in [-0.25, -0.2) is 9.78 Å². The van der Waals surface area contributed by atoms with Gasteiger partial charge in [0.2, 0.25) is 0 Å². The van der Waals surface area contributed by atoms with Gasteiger partial charge in [0.1, 0.15) is 10.7 Å². The number of carboxylic acid groups (broad SMARTS) is 1. The zero-order valence-corrected chi connectivity index (χ0v) is 16.9. The molecule has 3 rings (SSSR count). The van der Waals surface area contributed by atoms with Crippen molar-refractivity contribution in [2.75, 3.05) is 7.11 Å². The monoisotopic (exact) mass is 482 g/mol. The van der Waals surface area contributed by atoms with E-state index in [9.17, 15) is 9.90 Å². The summed E-state index contributed by atoms with van der Waals surface area (Å²) in [5.41, 5.74) is 2.29. The zero-order chi connectivity index (χ0) is 18.0. The van der Waals surface area contributed by atoms with Crippen molar-refractivity contribution in [2.45, 2.75) is 5.16 Å². The van der Waals surface area contributed by atoms with E-state index in [-0.39, 0.29) is 4.91 Å². The summed E-state index contributed by atoms with van der Waals surface area (Å²) in [6.45, 7) is 0. The van der Waals surface area contributed by atoms with E-state index in [1.165, 1.54) is 7.11 Å².